The van der Waals surface area contributed by atoms with E-state index in [1.54, 1.807) is 0 Å². The molecule has 44 heavy (non-hydrogen) atoms. The summed E-state index contributed by atoms with van der Waals surface area (Å²) in [6.07, 6.45) is 7.30. The highest BCUT2D eigenvalue weighted by Crippen LogP contribution is 2.39. The van der Waals surface area contributed by atoms with Crippen LogP contribution in [0.4, 0.5) is 16.3 Å². The Morgan fingerprint density at radius 2 is 1.77 bits per heavy atom. The molecule has 1 amide bonds. The number of carbonyl (C=O) groups is 2. The van der Waals surface area contributed by atoms with E-state index in [2.05, 4.69) is 39.9 Å². The van der Waals surface area contributed by atoms with Crippen molar-refractivity contribution in [3.8, 4) is 6.01 Å². The van der Waals surface area contributed by atoms with Gasteiger partial charge in [0.1, 0.15) is 18.0 Å². The summed E-state index contributed by atoms with van der Waals surface area (Å²) in [5, 5.41) is 0. The molecule has 3 saturated heterocycles. The fourth-order valence-corrected chi connectivity index (χ4v) is 7.91. The van der Waals surface area contributed by atoms with Crippen LogP contribution in [0.5, 0.6) is 6.01 Å². The molecule has 10 heteroatoms. The van der Waals surface area contributed by atoms with E-state index >= 15 is 0 Å². The van der Waals surface area contributed by atoms with Gasteiger partial charge in [-0.2, -0.15) is 9.97 Å². The van der Waals surface area contributed by atoms with Crippen LogP contribution in [0.15, 0.2) is 18.2 Å². The largest absolute Gasteiger partial charge is 0.462 e. The van der Waals surface area contributed by atoms with E-state index in [1.165, 1.54) is 6.42 Å². The van der Waals surface area contributed by atoms with Gasteiger partial charge in [0.2, 0.25) is 0 Å². The van der Waals surface area contributed by atoms with E-state index < -0.39 is 5.60 Å². The average Bonchev–Trinajstić information content (AvgIpc) is 3.52. The number of nitrogens with zero attached hydrogens (tertiary/aromatic N) is 6. The third kappa shape index (κ3) is 5.61. The zero-order chi connectivity index (χ0) is 30.6. The highest BCUT2D eigenvalue weighted by molar-refractivity contribution is 6.03. The lowest BCUT2D eigenvalue weighted by Gasteiger charge is -2.43. The number of ketones is 1. The number of rotatable bonds is 5. The number of likely N-dealkylation sites (tertiary alicyclic amines) is 1. The van der Waals surface area contributed by atoms with Gasteiger partial charge in [-0.15, -0.1) is 0 Å². The number of Topliss-reactive ketones (excluding diaryl/α,β-unsaturated/α-hetero) is 1. The van der Waals surface area contributed by atoms with E-state index in [0.717, 1.165) is 85.5 Å². The number of hydrogen-bond donors (Lipinski definition) is 0. The van der Waals surface area contributed by atoms with Gasteiger partial charge in [0.25, 0.3) is 0 Å². The van der Waals surface area contributed by atoms with E-state index in [-0.39, 0.29) is 24.0 Å². The van der Waals surface area contributed by atoms with Gasteiger partial charge in [-0.3, -0.25) is 9.69 Å². The smallest absolute Gasteiger partial charge is 0.410 e. The number of hydrogen-bond acceptors (Lipinski definition) is 9. The van der Waals surface area contributed by atoms with Crippen LogP contribution >= 0.6 is 0 Å². The Labute approximate surface area is 260 Å². The molecule has 7 rings (SSSR count). The first kappa shape index (κ1) is 29.3. The molecule has 4 aliphatic heterocycles. The molecule has 0 saturated carbocycles. The molecular weight excluding hydrogens is 556 g/mol. The number of benzene rings is 1. The number of amides is 1. The van der Waals surface area contributed by atoms with E-state index in [1.807, 2.05) is 25.7 Å². The quantitative estimate of drug-likeness (QED) is 0.486. The van der Waals surface area contributed by atoms with Crippen LogP contribution in [0.2, 0.25) is 0 Å². The van der Waals surface area contributed by atoms with Crippen LogP contribution in [0.3, 0.4) is 0 Å². The Bertz CT molecular complexity index is 1430. The molecule has 0 unspecified atom stereocenters. The summed E-state index contributed by atoms with van der Waals surface area (Å²) in [5.41, 5.74) is 4.69. The third-order valence-corrected chi connectivity index (χ3v) is 10.1. The van der Waals surface area contributed by atoms with Crippen LogP contribution in [0.25, 0.3) is 0 Å². The molecule has 0 spiro atoms. The Hall–Kier alpha value is -3.40. The molecule has 10 nitrogen and oxygen atoms in total. The Morgan fingerprint density at radius 1 is 0.977 bits per heavy atom. The van der Waals surface area contributed by atoms with Gasteiger partial charge < -0.3 is 24.2 Å². The van der Waals surface area contributed by atoms with Crippen molar-refractivity contribution >= 4 is 23.4 Å². The van der Waals surface area contributed by atoms with Crippen molar-refractivity contribution < 1.29 is 19.1 Å². The molecule has 5 heterocycles. The second kappa shape index (κ2) is 11.5. The molecule has 3 atom stereocenters. The molecule has 2 bridgehead atoms. The predicted molar refractivity (Wildman–Crippen MR) is 169 cm³/mol. The first-order valence-corrected chi connectivity index (χ1v) is 16.5. The highest BCUT2D eigenvalue weighted by Gasteiger charge is 2.45. The number of fused-ring (bicyclic) bond motifs is 4. The Balaban J connectivity index is 1.18. The summed E-state index contributed by atoms with van der Waals surface area (Å²) < 4.78 is 12.1. The minimum atomic E-state index is -0.520. The lowest BCUT2D eigenvalue weighted by molar-refractivity contribution is 0.0122. The third-order valence-electron chi connectivity index (χ3n) is 10.1. The maximum Gasteiger partial charge on any atom is 0.410 e. The summed E-state index contributed by atoms with van der Waals surface area (Å²) in [6, 6.07) is 7.25. The Kier molecular flexibility index (Phi) is 7.67. The summed E-state index contributed by atoms with van der Waals surface area (Å²) in [7, 11) is 2.15. The lowest BCUT2D eigenvalue weighted by Crippen LogP contribution is -2.57. The van der Waals surface area contributed by atoms with Gasteiger partial charge in [0.05, 0.1) is 24.3 Å². The molecule has 1 aliphatic carbocycles. The molecule has 2 aromatic rings. The average molecular weight is 603 g/mol. The van der Waals surface area contributed by atoms with Crippen LogP contribution in [0, 0.1) is 0 Å². The van der Waals surface area contributed by atoms with Gasteiger partial charge >= 0.3 is 12.1 Å². The summed E-state index contributed by atoms with van der Waals surface area (Å²) in [4.78, 5) is 45.3. The fourth-order valence-electron chi connectivity index (χ4n) is 7.91. The minimum Gasteiger partial charge on any atom is -0.462 e. The van der Waals surface area contributed by atoms with Crippen LogP contribution < -0.4 is 14.5 Å². The van der Waals surface area contributed by atoms with Crippen molar-refractivity contribution in [3.05, 3.63) is 40.6 Å². The number of aromatic nitrogens is 2. The van der Waals surface area contributed by atoms with Crippen LogP contribution in [-0.2, 0) is 24.1 Å². The van der Waals surface area contributed by atoms with Crippen LogP contribution in [0.1, 0.15) is 86.5 Å². The van der Waals surface area contributed by atoms with Crippen molar-refractivity contribution in [3.63, 3.8) is 0 Å². The number of carbonyl (C=O) groups excluding carboxylic acids is 2. The van der Waals surface area contributed by atoms with Crippen molar-refractivity contribution in [2.45, 2.75) is 102 Å². The second-order valence-corrected chi connectivity index (χ2v) is 14.3. The first-order valence-electron chi connectivity index (χ1n) is 16.5. The molecule has 5 aliphatic rings. The van der Waals surface area contributed by atoms with Gasteiger partial charge in [-0.25, -0.2) is 4.79 Å². The summed E-state index contributed by atoms with van der Waals surface area (Å²) in [5.74, 6) is 1.19. The molecule has 3 fully saturated rings. The van der Waals surface area contributed by atoms with E-state index in [9.17, 15) is 9.59 Å². The molecule has 1 aromatic carbocycles. The normalized spacial score (nSPS) is 25.2. The van der Waals surface area contributed by atoms with Gasteiger partial charge in [-0.05, 0) is 90.9 Å². The highest BCUT2D eigenvalue weighted by atomic mass is 16.6. The molecular formula is C34H46N6O4. The topological polar surface area (TPSA) is 91.3 Å². The number of ether oxygens (including phenoxy) is 2. The summed E-state index contributed by atoms with van der Waals surface area (Å²) in [6.45, 7) is 10.3. The maximum atomic E-state index is 13.1. The van der Waals surface area contributed by atoms with Crippen molar-refractivity contribution in [2.24, 2.45) is 0 Å². The first-order chi connectivity index (χ1) is 21.1. The fraction of sp³-hybridized carbons (Fsp3) is 0.647. The number of piperazine rings is 1. The van der Waals surface area contributed by atoms with Crippen molar-refractivity contribution in [1.82, 2.24) is 19.8 Å². The molecule has 236 valence electrons. The summed E-state index contributed by atoms with van der Waals surface area (Å²) >= 11 is 0. The zero-order valence-corrected chi connectivity index (χ0v) is 26.7. The predicted octanol–water partition coefficient (Wildman–Crippen LogP) is 4.62. The molecule has 1 aromatic heterocycles. The minimum absolute atomic E-state index is 0.0904. The molecule has 0 radical (unpaired) electrons. The maximum absolute atomic E-state index is 13.1. The standard InChI is InChI=1S/C34H46N6O4/c1-34(2,3)44-33(42)40-23-13-14-24(40)19-39(18-23)31-26-15-17-38(28-11-5-8-22-9-6-12-29(41)30(22)28)20-27(26)35-32(36-31)43-21-25-10-7-16-37(25)4/h5,8,11,23-25H,6-7,9-10,12-21H2,1-4H3/t23-,24+,25-/m0/s1. The van der Waals surface area contributed by atoms with Crippen LogP contribution in [-0.4, -0.2) is 95.2 Å². The van der Waals surface area contributed by atoms with Gasteiger partial charge in [-0.1, -0.05) is 12.1 Å². The van der Waals surface area contributed by atoms with Gasteiger partial charge in [0, 0.05) is 48.9 Å². The number of anilines is 2. The van der Waals surface area contributed by atoms with Gasteiger partial charge in [0.15, 0.2) is 5.78 Å². The number of aryl methyl sites for hydroxylation is 1. The van der Waals surface area contributed by atoms with E-state index in [0.29, 0.717) is 44.7 Å². The second-order valence-electron chi connectivity index (χ2n) is 14.3. The SMILES string of the molecule is CN1CCC[C@H]1COc1nc2c(c(N3C[C@H]4CC[C@@H](C3)N4C(=O)OC(C)(C)C)n1)CCN(c1cccc3c1C(=O)CCC3)C2. The van der Waals surface area contributed by atoms with Crippen molar-refractivity contribution in [2.75, 3.05) is 49.6 Å². The van der Waals surface area contributed by atoms with E-state index in [4.69, 9.17) is 19.4 Å². The monoisotopic (exact) mass is 602 g/mol. The Morgan fingerprint density at radius 3 is 2.50 bits per heavy atom. The number of likely N-dealkylation sites (N-methyl/N-ethyl adjacent to an activating group) is 1. The van der Waals surface area contributed by atoms with Crippen molar-refractivity contribution in [1.29, 1.82) is 0 Å². The zero-order valence-electron chi connectivity index (χ0n) is 26.7. The molecule has 0 N–H and O–H groups in total. The lowest BCUT2D eigenvalue weighted by atomic mass is 9.88.